The zero-order chi connectivity index (χ0) is 17.3. The molecule has 0 heterocycles. The molecule has 0 atom stereocenters. The van der Waals surface area contributed by atoms with Gasteiger partial charge in [-0.15, -0.1) is 6.42 Å². The van der Waals surface area contributed by atoms with E-state index in [1.54, 1.807) is 0 Å². The standard InChI is InChI=1S/C20H31NOSi/c1-7-15-21(18-19-13-9-8-10-14-19)16-11-12-17-22-23(5,6)20(2,3)4/h1,8-14H,15-18H2,2-6H3/b12-11+. The van der Waals surface area contributed by atoms with Crippen molar-refractivity contribution in [2.45, 2.75) is 45.4 Å². The molecule has 1 aromatic rings. The molecule has 1 rings (SSSR count). The number of nitrogens with zero attached hydrogens (tertiary/aromatic N) is 1. The van der Waals surface area contributed by atoms with Crippen LogP contribution in [0.3, 0.4) is 0 Å². The highest BCUT2D eigenvalue weighted by Crippen LogP contribution is 2.36. The lowest BCUT2D eigenvalue weighted by atomic mass is 10.2. The van der Waals surface area contributed by atoms with Gasteiger partial charge in [-0.1, -0.05) is 69.2 Å². The van der Waals surface area contributed by atoms with Gasteiger partial charge in [0.2, 0.25) is 0 Å². The van der Waals surface area contributed by atoms with E-state index in [0.717, 1.165) is 13.1 Å². The molecular formula is C20H31NOSi. The normalized spacial score (nSPS) is 12.7. The van der Waals surface area contributed by atoms with Gasteiger partial charge in [0.15, 0.2) is 8.32 Å². The highest BCUT2D eigenvalue weighted by molar-refractivity contribution is 6.74. The van der Waals surface area contributed by atoms with Crippen molar-refractivity contribution < 1.29 is 4.43 Å². The zero-order valence-corrected chi connectivity index (χ0v) is 16.3. The van der Waals surface area contributed by atoms with E-state index in [-0.39, 0.29) is 5.04 Å². The minimum Gasteiger partial charge on any atom is -0.413 e. The Labute approximate surface area is 143 Å². The number of hydrogen-bond donors (Lipinski definition) is 0. The second-order valence-corrected chi connectivity index (χ2v) is 12.2. The van der Waals surface area contributed by atoms with Crippen LogP contribution in [0.1, 0.15) is 26.3 Å². The minimum atomic E-state index is -1.66. The summed E-state index contributed by atoms with van der Waals surface area (Å²) in [6, 6.07) is 10.4. The van der Waals surface area contributed by atoms with E-state index in [2.05, 4.69) is 81.1 Å². The van der Waals surface area contributed by atoms with Gasteiger partial charge in [0.1, 0.15) is 0 Å². The molecule has 0 saturated carbocycles. The van der Waals surface area contributed by atoms with Gasteiger partial charge in [-0.3, -0.25) is 4.90 Å². The molecular weight excluding hydrogens is 298 g/mol. The highest BCUT2D eigenvalue weighted by atomic mass is 28.4. The van der Waals surface area contributed by atoms with Crippen molar-refractivity contribution in [2.24, 2.45) is 0 Å². The van der Waals surface area contributed by atoms with Crippen LogP contribution in [-0.2, 0) is 11.0 Å². The van der Waals surface area contributed by atoms with Crippen molar-refractivity contribution in [3.63, 3.8) is 0 Å². The fourth-order valence-corrected chi connectivity index (χ4v) is 2.87. The lowest BCUT2D eigenvalue weighted by Crippen LogP contribution is -2.40. The van der Waals surface area contributed by atoms with Crippen molar-refractivity contribution in [1.29, 1.82) is 0 Å². The second kappa shape index (κ2) is 9.07. The summed E-state index contributed by atoms with van der Waals surface area (Å²) in [4.78, 5) is 2.25. The molecule has 0 spiro atoms. The molecule has 0 aliphatic rings. The van der Waals surface area contributed by atoms with E-state index < -0.39 is 8.32 Å². The van der Waals surface area contributed by atoms with E-state index in [1.807, 2.05) is 6.07 Å². The van der Waals surface area contributed by atoms with Crippen LogP contribution in [0.4, 0.5) is 0 Å². The highest BCUT2D eigenvalue weighted by Gasteiger charge is 2.36. The molecule has 0 unspecified atom stereocenters. The van der Waals surface area contributed by atoms with Crippen LogP contribution in [0.2, 0.25) is 18.1 Å². The summed E-state index contributed by atoms with van der Waals surface area (Å²) in [5.41, 5.74) is 1.29. The number of terminal acetylenes is 1. The van der Waals surface area contributed by atoms with E-state index in [9.17, 15) is 0 Å². The summed E-state index contributed by atoms with van der Waals surface area (Å²) in [5.74, 6) is 2.74. The van der Waals surface area contributed by atoms with Gasteiger partial charge in [-0.2, -0.15) is 0 Å². The molecule has 0 aliphatic heterocycles. The van der Waals surface area contributed by atoms with Crippen LogP contribution >= 0.6 is 0 Å². The third-order valence-electron chi connectivity index (χ3n) is 4.44. The van der Waals surface area contributed by atoms with Crippen molar-refractivity contribution in [3.05, 3.63) is 48.0 Å². The Morgan fingerprint density at radius 1 is 1.17 bits per heavy atom. The van der Waals surface area contributed by atoms with Crippen molar-refractivity contribution >= 4 is 8.32 Å². The molecule has 0 bridgehead atoms. The van der Waals surface area contributed by atoms with E-state index in [1.165, 1.54) is 5.56 Å². The van der Waals surface area contributed by atoms with E-state index in [4.69, 9.17) is 10.8 Å². The summed E-state index contributed by atoms with van der Waals surface area (Å²) in [7, 11) is -1.66. The predicted molar refractivity (Wildman–Crippen MR) is 103 cm³/mol. The molecule has 3 heteroatoms. The molecule has 1 aromatic carbocycles. The van der Waals surface area contributed by atoms with Gasteiger partial charge in [0.05, 0.1) is 13.2 Å². The van der Waals surface area contributed by atoms with Crippen LogP contribution in [-0.4, -0.2) is 32.9 Å². The van der Waals surface area contributed by atoms with Crippen LogP contribution in [0.5, 0.6) is 0 Å². The quantitative estimate of drug-likeness (QED) is 0.389. The first kappa shape index (κ1) is 19.7. The van der Waals surface area contributed by atoms with Gasteiger partial charge in [0.25, 0.3) is 0 Å². The van der Waals surface area contributed by atoms with Gasteiger partial charge >= 0.3 is 0 Å². The largest absolute Gasteiger partial charge is 0.413 e. The van der Waals surface area contributed by atoms with Crippen molar-refractivity contribution in [2.75, 3.05) is 19.7 Å². The third-order valence-corrected chi connectivity index (χ3v) is 8.94. The summed E-state index contributed by atoms with van der Waals surface area (Å²) in [6.45, 7) is 14.4. The van der Waals surface area contributed by atoms with Crippen molar-refractivity contribution in [1.82, 2.24) is 4.90 Å². The number of benzene rings is 1. The molecule has 126 valence electrons. The minimum absolute atomic E-state index is 0.254. The molecule has 0 amide bonds. The molecule has 23 heavy (non-hydrogen) atoms. The molecule has 0 saturated heterocycles. The first-order chi connectivity index (χ1) is 10.8. The topological polar surface area (TPSA) is 12.5 Å². The second-order valence-electron chi connectivity index (χ2n) is 7.40. The Morgan fingerprint density at radius 2 is 1.83 bits per heavy atom. The zero-order valence-electron chi connectivity index (χ0n) is 15.3. The average molecular weight is 330 g/mol. The Morgan fingerprint density at radius 3 is 2.39 bits per heavy atom. The number of rotatable bonds is 8. The lowest BCUT2D eigenvalue weighted by Gasteiger charge is -2.35. The summed E-state index contributed by atoms with van der Waals surface area (Å²) in [5, 5.41) is 0.254. The molecule has 2 nitrogen and oxygen atoms in total. The predicted octanol–water partition coefficient (Wildman–Crippen LogP) is 4.70. The third kappa shape index (κ3) is 7.17. The fraction of sp³-hybridized carbons (Fsp3) is 0.500. The van der Waals surface area contributed by atoms with Crippen LogP contribution < -0.4 is 0 Å². The molecule has 0 aromatic heterocycles. The van der Waals surface area contributed by atoms with Crippen LogP contribution in [0.25, 0.3) is 0 Å². The Hall–Kier alpha value is -1.34. The van der Waals surface area contributed by atoms with E-state index in [0.29, 0.717) is 13.2 Å². The van der Waals surface area contributed by atoms with Crippen molar-refractivity contribution in [3.8, 4) is 12.3 Å². The Kier molecular flexibility index (Phi) is 7.77. The summed E-state index contributed by atoms with van der Waals surface area (Å²) >= 11 is 0. The molecule has 0 N–H and O–H groups in total. The van der Waals surface area contributed by atoms with Crippen LogP contribution in [0.15, 0.2) is 42.5 Å². The maximum absolute atomic E-state index is 6.15. The van der Waals surface area contributed by atoms with E-state index >= 15 is 0 Å². The summed E-state index contributed by atoms with van der Waals surface area (Å²) < 4.78 is 6.15. The van der Waals surface area contributed by atoms with Gasteiger partial charge in [0, 0.05) is 13.1 Å². The molecule has 0 aliphatic carbocycles. The average Bonchev–Trinajstić information content (AvgIpc) is 2.46. The van der Waals surface area contributed by atoms with Gasteiger partial charge in [-0.05, 0) is 23.7 Å². The van der Waals surface area contributed by atoms with Gasteiger partial charge in [-0.25, -0.2) is 0 Å². The maximum atomic E-state index is 6.15. The fourth-order valence-electron chi connectivity index (χ4n) is 1.92. The Bertz CT molecular complexity index is 523. The first-order valence-electron chi connectivity index (χ1n) is 8.25. The monoisotopic (exact) mass is 329 g/mol. The maximum Gasteiger partial charge on any atom is 0.192 e. The Balaban J connectivity index is 2.45. The summed E-state index contributed by atoms with van der Waals surface area (Å²) in [6.07, 6.45) is 9.76. The van der Waals surface area contributed by atoms with Crippen LogP contribution in [0, 0.1) is 12.3 Å². The lowest BCUT2D eigenvalue weighted by molar-refractivity contribution is 0.320. The molecule has 0 fully saturated rings. The first-order valence-corrected chi connectivity index (χ1v) is 11.2. The number of hydrogen-bond acceptors (Lipinski definition) is 2. The smallest absolute Gasteiger partial charge is 0.192 e. The SMILES string of the molecule is C#CCN(C/C=C/CO[Si](C)(C)C(C)(C)C)Cc1ccccc1. The van der Waals surface area contributed by atoms with Gasteiger partial charge < -0.3 is 4.43 Å². The molecule has 0 radical (unpaired) electrons.